The van der Waals surface area contributed by atoms with Crippen LogP contribution >= 0.6 is 0 Å². The van der Waals surface area contributed by atoms with Gasteiger partial charge in [0.05, 0.1) is 12.3 Å². The van der Waals surface area contributed by atoms with E-state index in [0.29, 0.717) is 5.82 Å². The van der Waals surface area contributed by atoms with Crippen LogP contribution in [0.25, 0.3) is 11.3 Å². The first-order valence-electron chi connectivity index (χ1n) is 5.84. The monoisotopic (exact) mass is 258 g/mol. The first-order chi connectivity index (χ1) is 9.29. The summed E-state index contributed by atoms with van der Waals surface area (Å²) in [5, 5.41) is 21.5. The number of hydrogen-bond acceptors (Lipinski definition) is 4. The molecule has 0 saturated heterocycles. The van der Waals surface area contributed by atoms with Crippen molar-refractivity contribution in [3.8, 4) is 11.3 Å². The van der Waals surface area contributed by atoms with Gasteiger partial charge in [0.2, 0.25) is 0 Å². The second kappa shape index (κ2) is 6.46. The van der Waals surface area contributed by atoms with Gasteiger partial charge < -0.3 is 10.4 Å². The van der Waals surface area contributed by atoms with Crippen molar-refractivity contribution in [3.63, 3.8) is 0 Å². The Labute approximate surface area is 110 Å². The van der Waals surface area contributed by atoms with Crippen molar-refractivity contribution in [1.29, 1.82) is 0 Å². The van der Waals surface area contributed by atoms with Crippen LogP contribution in [0.5, 0.6) is 0 Å². The average Bonchev–Trinajstić information content (AvgIpc) is 2.47. The number of hydrogen-bond donors (Lipinski definition) is 3. The quantitative estimate of drug-likeness (QED) is 0.770. The van der Waals surface area contributed by atoms with E-state index in [2.05, 4.69) is 20.8 Å². The van der Waals surface area contributed by atoms with E-state index < -0.39 is 6.03 Å². The molecule has 0 radical (unpaired) electrons. The minimum Gasteiger partial charge on any atom is -0.395 e. The lowest BCUT2D eigenvalue weighted by molar-refractivity contribution is 0.244. The molecule has 0 spiro atoms. The lowest BCUT2D eigenvalue weighted by atomic mass is 10.1. The molecule has 0 aliphatic heterocycles. The number of carbonyl (C=O) groups excluding carboxylic acids is 1. The number of aliphatic hydroxyl groups excluding tert-OH is 1. The van der Waals surface area contributed by atoms with Gasteiger partial charge in [-0.15, -0.1) is 10.2 Å². The average molecular weight is 258 g/mol. The molecule has 98 valence electrons. The molecule has 6 nitrogen and oxygen atoms in total. The van der Waals surface area contributed by atoms with E-state index in [9.17, 15) is 4.79 Å². The lowest BCUT2D eigenvalue weighted by Gasteiger charge is -2.05. The van der Waals surface area contributed by atoms with Crippen LogP contribution in [0, 0.1) is 0 Å². The Bertz CT molecular complexity index is 528. The Balaban J connectivity index is 2.01. The molecular formula is C13H14N4O2. The van der Waals surface area contributed by atoms with Gasteiger partial charge in [-0.25, -0.2) is 4.79 Å². The molecule has 1 aromatic heterocycles. The van der Waals surface area contributed by atoms with Gasteiger partial charge in [-0.3, -0.25) is 5.32 Å². The molecule has 1 aromatic carbocycles. The Kier molecular flexibility index (Phi) is 4.41. The largest absolute Gasteiger partial charge is 0.395 e. The van der Waals surface area contributed by atoms with Gasteiger partial charge in [-0.05, 0) is 12.1 Å². The number of benzene rings is 1. The fourth-order valence-corrected chi connectivity index (χ4v) is 1.49. The van der Waals surface area contributed by atoms with Crippen LogP contribution < -0.4 is 10.6 Å². The SMILES string of the molecule is O=C(NCCO)Nc1ccc(-c2ccccc2)nn1. The molecule has 0 aliphatic rings. The minimum absolute atomic E-state index is 0.105. The van der Waals surface area contributed by atoms with Gasteiger partial charge in [-0.2, -0.15) is 0 Å². The van der Waals surface area contributed by atoms with Gasteiger partial charge in [0.15, 0.2) is 5.82 Å². The first kappa shape index (κ1) is 13.0. The molecule has 0 aliphatic carbocycles. The summed E-state index contributed by atoms with van der Waals surface area (Å²) in [5.74, 6) is 0.357. The summed E-state index contributed by atoms with van der Waals surface area (Å²) in [6, 6.07) is 12.7. The Morgan fingerprint density at radius 2 is 1.89 bits per heavy atom. The number of aliphatic hydroxyl groups is 1. The van der Waals surface area contributed by atoms with E-state index in [1.807, 2.05) is 30.3 Å². The highest BCUT2D eigenvalue weighted by Crippen LogP contribution is 2.15. The third-order valence-corrected chi connectivity index (χ3v) is 2.37. The zero-order valence-corrected chi connectivity index (χ0v) is 10.2. The van der Waals surface area contributed by atoms with Crippen LogP contribution in [-0.2, 0) is 0 Å². The molecule has 0 atom stereocenters. The topological polar surface area (TPSA) is 87.1 Å². The second-order valence-electron chi connectivity index (χ2n) is 3.77. The van der Waals surface area contributed by atoms with Crippen molar-refractivity contribution >= 4 is 11.8 Å². The summed E-state index contributed by atoms with van der Waals surface area (Å²) in [4.78, 5) is 11.3. The van der Waals surface area contributed by atoms with Crippen molar-refractivity contribution in [2.75, 3.05) is 18.5 Å². The molecule has 0 unspecified atom stereocenters. The predicted octanol–water partition coefficient (Wildman–Crippen LogP) is 1.26. The van der Waals surface area contributed by atoms with E-state index in [1.54, 1.807) is 12.1 Å². The summed E-state index contributed by atoms with van der Waals surface area (Å²) in [6.07, 6.45) is 0. The lowest BCUT2D eigenvalue weighted by Crippen LogP contribution is -2.31. The van der Waals surface area contributed by atoms with E-state index >= 15 is 0 Å². The van der Waals surface area contributed by atoms with E-state index in [-0.39, 0.29) is 13.2 Å². The maximum absolute atomic E-state index is 11.3. The maximum atomic E-state index is 11.3. The summed E-state index contributed by atoms with van der Waals surface area (Å²) in [6.45, 7) is 0.0907. The highest BCUT2D eigenvalue weighted by atomic mass is 16.3. The molecular weight excluding hydrogens is 244 g/mol. The highest BCUT2D eigenvalue weighted by Gasteiger charge is 2.03. The molecule has 0 saturated carbocycles. The predicted molar refractivity (Wildman–Crippen MR) is 71.6 cm³/mol. The maximum Gasteiger partial charge on any atom is 0.320 e. The van der Waals surface area contributed by atoms with Crippen LogP contribution in [0.2, 0.25) is 0 Å². The van der Waals surface area contributed by atoms with Crippen molar-refractivity contribution in [2.24, 2.45) is 0 Å². The number of aromatic nitrogens is 2. The Morgan fingerprint density at radius 1 is 1.11 bits per heavy atom. The molecule has 3 N–H and O–H groups in total. The molecule has 6 heteroatoms. The molecule has 1 heterocycles. The van der Waals surface area contributed by atoms with Crippen LogP contribution in [-0.4, -0.2) is 34.5 Å². The highest BCUT2D eigenvalue weighted by molar-refractivity contribution is 5.88. The fraction of sp³-hybridized carbons (Fsp3) is 0.154. The zero-order chi connectivity index (χ0) is 13.5. The van der Waals surface area contributed by atoms with Gasteiger partial charge in [0, 0.05) is 12.1 Å². The van der Waals surface area contributed by atoms with Crippen molar-refractivity contribution in [1.82, 2.24) is 15.5 Å². The minimum atomic E-state index is -0.421. The van der Waals surface area contributed by atoms with Gasteiger partial charge >= 0.3 is 6.03 Å². The number of urea groups is 1. The van der Waals surface area contributed by atoms with Crippen molar-refractivity contribution < 1.29 is 9.90 Å². The number of nitrogens with one attached hydrogen (secondary N) is 2. The summed E-state index contributed by atoms with van der Waals surface area (Å²) in [7, 11) is 0. The number of rotatable bonds is 4. The zero-order valence-electron chi connectivity index (χ0n) is 10.2. The molecule has 0 fully saturated rings. The van der Waals surface area contributed by atoms with Gasteiger partial charge in [0.25, 0.3) is 0 Å². The molecule has 2 aromatic rings. The Hall–Kier alpha value is -2.47. The first-order valence-corrected chi connectivity index (χ1v) is 5.84. The van der Waals surface area contributed by atoms with Gasteiger partial charge in [-0.1, -0.05) is 30.3 Å². The second-order valence-corrected chi connectivity index (χ2v) is 3.77. The normalized spacial score (nSPS) is 9.95. The van der Waals surface area contributed by atoms with Crippen LogP contribution in [0.15, 0.2) is 42.5 Å². The summed E-state index contributed by atoms with van der Waals surface area (Å²) < 4.78 is 0. The van der Waals surface area contributed by atoms with E-state index in [0.717, 1.165) is 11.3 Å². The summed E-state index contributed by atoms with van der Waals surface area (Å²) >= 11 is 0. The standard InChI is InChI=1S/C13H14N4O2/c18-9-8-14-13(19)15-12-7-6-11(16-17-12)10-4-2-1-3-5-10/h1-7,18H,8-9H2,(H2,14,15,17,19). The van der Waals surface area contributed by atoms with Crippen LogP contribution in [0.1, 0.15) is 0 Å². The molecule has 2 rings (SSSR count). The fourth-order valence-electron chi connectivity index (χ4n) is 1.49. The van der Waals surface area contributed by atoms with E-state index in [1.165, 1.54) is 0 Å². The van der Waals surface area contributed by atoms with Gasteiger partial charge in [0.1, 0.15) is 0 Å². The van der Waals surface area contributed by atoms with Crippen LogP contribution in [0.3, 0.4) is 0 Å². The number of carbonyl (C=O) groups is 1. The number of nitrogens with zero attached hydrogens (tertiary/aromatic N) is 2. The van der Waals surface area contributed by atoms with Crippen molar-refractivity contribution in [2.45, 2.75) is 0 Å². The van der Waals surface area contributed by atoms with Crippen LogP contribution in [0.4, 0.5) is 10.6 Å². The molecule has 19 heavy (non-hydrogen) atoms. The summed E-state index contributed by atoms with van der Waals surface area (Å²) in [5.41, 5.74) is 1.70. The third kappa shape index (κ3) is 3.75. The number of anilines is 1. The molecule has 0 bridgehead atoms. The Morgan fingerprint density at radius 3 is 2.53 bits per heavy atom. The van der Waals surface area contributed by atoms with E-state index in [4.69, 9.17) is 5.11 Å². The van der Waals surface area contributed by atoms with Crippen molar-refractivity contribution in [3.05, 3.63) is 42.5 Å². The third-order valence-electron chi connectivity index (χ3n) is 2.37. The number of amides is 2. The molecule has 2 amide bonds. The smallest absolute Gasteiger partial charge is 0.320 e.